The van der Waals surface area contributed by atoms with E-state index in [9.17, 15) is 4.79 Å². The summed E-state index contributed by atoms with van der Waals surface area (Å²) in [6.07, 6.45) is 1.91. The number of aromatic amines is 1. The molecule has 0 saturated heterocycles. The Kier molecular flexibility index (Phi) is 2.35. The number of nitrogens with one attached hydrogen (secondary N) is 2. The second kappa shape index (κ2) is 3.10. The molecule has 1 amide bonds. The Labute approximate surface area is 71.6 Å². The molecule has 60 valence electrons. The van der Waals surface area contributed by atoms with E-state index in [0.717, 1.165) is 0 Å². The van der Waals surface area contributed by atoms with Crippen molar-refractivity contribution in [1.82, 2.24) is 10.2 Å². The Bertz CT molecular complexity index is 327. The van der Waals surface area contributed by atoms with Crippen molar-refractivity contribution in [2.45, 2.75) is 6.92 Å². The molecule has 1 atom stereocenters. The summed E-state index contributed by atoms with van der Waals surface area (Å²) < 4.78 is 0.675. The molecule has 4 nitrogen and oxygen atoms in total. The highest BCUT2D eigenvalue weighted by Gasteiger charge is 2.10. The molecule has 0 fully saturated rings. The van der Waals surface area contributed by atoms with E-state index in [1.807, 2.05) is 6.26 Å². The summed E-state index contributed by atoms with van der Waals surface area (Å²) >= 11 is 4.91. The van der Waals surface area contributed by atoms with Gasteiger partial charge in [0.1, 0.15) is 0 Å². The smallest absolute Gasteiger partial charge is 0.284 e. The van der Waals surface area contributed by atoms with Gasteiger partial charge < -0.3 is 0 Å². The van der Waals surface area contributed by atoms with Crippen molar-refractivity contribution >= 4 is 33.7 Å². The van der Waals surface area contributed by atoms with E-state index in [4.69, 9.17) is 12.2 Å². The number of aromatic nitrogens is 2. The largest absolute Gasteiger partial charge is 0.375 e. The van der Waals surface area contributed by atoms with Crippen LogP contribution in [-0.2, 0) is 11.1 Å². The van der Waals surface area contributed by atoms with Gasteiger partial charge in [0.2, 0.25) is 5.91 Å². The van der Waals surface area contributed by atoms with Gasteiger partial charge in [-0.1, -0.05) is 0 Å². The predicted molar refractivity (Wildman–Crippen MR) is 47.2 cm³/mol. The average Bonchev–Trinajstić information content (AvgIpc) is 2.18. The van der Waals surface area contributed by atoms with E-state index >= 15 is 0 Å². The molecular formula is C5H8N3OS2+. The molecule has 0 spiro atoms. The zero-order chi connectivity index (χ0) is 8.43. The molecule has 11 heavy (non-hydrogen) atoms. The molecule has 0 aliphatic rings. The summed E-state index contributed by atoms with van der Waals surface area (Å²) in [5, 5.41) is 9.71. The van der Waals surface area contributed by atoms with Gasteiger partial charge in [-0.05, 0) is 10.5 Å². The van der Waals surface area contributed by atoms with Crippen LogP contribution in [0.4, 0.5) is 5.13 Å². The maximum atomic E-state index is 10.6. The topological polar surface area (TPSA) is 57.8 Å². The number of carbonyl (C=O) groups excluding carboxylic acids is 1. The average molecular weight is 190 g/mol. The van der Waals surface area contributed by atoms with E-state index in [0.29, 0.717) is 9.09 Å². The summed E-state index contributed by atoms with van der Waals surface area (Å²) in [6.45, 7) is 1.45. The Morgan fingerprint density at radius 3 is 2.82 bits per heavy atom. The van der Waals surface area contributed by atoms with E-state index in [2.05, 4.69) is 15.5 Å². The summed E-state index contributed by atoms with van der Waals surface area (Å²) in [6, 6.07) is 0. The fraction of sp³-hybridized carbons (Fsp3) is 0.400. The van der Waals surface area contributed by atoms with Crippen molar-refractivity contribution in [3.63, 3.8) is 0 Å². The van der Waals surface area contributed by atoms with Gasteiger partial charge in [0.25, 0.3) is 17.3 Å². The number of anilines is 1. The van der Waals surface area contributed by atoms with Gasteiger partial charge in [0, 0.05) is 6.92 Å². The number of amides is 1. The summed E-state index contributed by atoms with van der Waals surface area (Å²) in [5.41, 5.74) is 0. The number of hydrogen-bond acceptors (Lipinski definition) is 3. The van der Waals surface area contributed by atoms with Gasteiger partial charge >= 0.3 is 3.95 Å². The predicted octanol–water partition coefficient (Wildman–Crippen LogP) is 1.38. The molecule has 0 radical (unpaired) electrons. The maximum Gasteiger partial charge on any atom is 0.375 e. The zero-order valence-electron chi connectivity index (χ0n) is 6.17. The van der Waals surface area contributed by atoms with Gasteiger partial charge in [0.15, 0.2) is 0 Å². The minimum absolute atomic E-state index is 0.116. The van der Waals surface area contributed by atoms with Gasteiger partial charge in [-0.3, -0.25) is 10.1 Å². The lowest BCUT2D eigenvalue weighted by Crippen LogP contribution is -2.05. The molecule has 2 N–H and O–H groups in total. The standard InChI is InChI=1S/C5H7N3OS2/c1-3(9)6-4-7-8-5(10)11(4)2/h1-2H3,(H-,6,7,8,9,10)/p+1. The van der Waals surface area contributed by atoms with Crippen LogP contribution in [0.5, 0.6) is 0 Å². The Morgan fingerprint density at radius 2 is 2.45 bits per heavy atom. The van der Waals surface area contributed by atoms with E-state index in [1.165, 1.54) is 6.92 Å². The first-order valence-electron chi connectivity index (χ1n) is 2.92. The fourth-order valence-electron chi connectivity index (χ4n) is 0.576. The van der Waals surface area contributed by atoms with Crippen LogP contribution in [-0.4, -0.2) is 16.1 Å². The van der Waals surface area contributed by atoms with Crippen molar-refractivity contribution in [2.75, 3.05) is 5.32 Å². The highest BCUT2D eigenvalue weighted by atomic mass is 32.2. The molecule has 6 heteroatoms. The number of carbonyl (C=O) groups is 1. The van der Waals surface area contributed by atoms with Crippen LogP contribution in [0, 0.1) is 3.95 Å². The SMILES string of the molecule is CC(=O)Nc1n[nH]c(=S)[s+]1C. The first-order chi connectivity index (χ1) is 5.11. The molecular weight excluding hydrogens is 182 g/mol. The highest BCUT2D eigenvalue weighted by molar-refractivity contribution is 7.74. The lowest BCUT2D eigenvalue weighted by atomic mass is 10.7. The lowest BCUT2D eigenvalue weighted by molar-refractivity contribution is -0.114. The molecule has 0 aliphatic carbocycles. The van der Waals surface area contributed by atoms with Gasteiger partial charge in [0.05, 0.1) is 6.26 Å². The minimum Gasteiger partial charge on any atom is -0.284 e. The Hall–Kier alpha value is -0.750. The Morgan fingerprint density at radius 1 is 1.82 bits per heavy atom. The summed E-state index contributed by atoms with van der Waals surface area (Å²) in [4.78, 5) is 10.6. The van der Waals surface area contributed by atoms with Crippen LogP contribution >= 0.6 is 22.7 Å². The number of hydrogen-bond donors (Lipinski definition) is 2. The molecule has 1 rings (SSSR count). The molecule has 1 heterocycles. The molecule has 1 aromatic heterocycles. The maximum absolute atomic E-state index is 10.6. The second-order valence-corrected chi connectivity index (χ2v) is 4.49. The molecule has 1 aromatic rings. The van der Waals surface area contributed by atoms with Gasteiger partial charge in [-0.2, -0.15) is 0 Å². The Balaban J connectivity index is 2.96. The van der Waals surface area contributed by atoms with E-state index in [1.54, 1.807) is 0 Å². The molecule has 0 aliphatic heterocycles. The van der Waals surface area contributed by atoms with Crippen LogP contribution in [0.1, 0.15) is 6.92 Å². The van der Waals surface area contributed by atoms with Gasteiger partial charge in [-0.15, -0.1) is 5.10 Å². The minimum atomic E-state index is -0.238. The summed E-state index contributed by atoms with van der Waals surface area (Å²) in [5.74, 6) is -0.116. The van der Waals surface area contributed by atoms with Crippen molar-refractivity contribution in [1.29, 1.82) is 0 Å². The monoisotopic (exact) mass is 190 g/mol. The second-order valence-electron chi connectivity index (χ2n) is 2.01. The third kappa shape index (κ3) is 1.84. The third-order valence-corrected chi connectivity index (χ3v) is 3.36. The molecule has 0 aromatic carbocycles. The van der Waals surface area contributed by atoms with Crippen LogP contribution in [0.2, 0.25) is 0 Å². The fourth-order valence-corrected chi connectivity index (χ4v) is 1.70. The molecule has 0 bridgehead atoms. The summed E-state index contributed by atoms with van der Waals surface area (Å²) in [7, 11) is -0.238. The van der Waals surface area contributed by atoms with Crippen molar-refractivity contribution in [3.05, 3.63) is 3.95 Å². The molecule has 0 saturated carbocycles. The van der Waals surface area contributed by atoms with Crippen LogP contribution < -0.4 is 5.32 Å². The zero-order valence-corrected chi connectivity index (χ0v) is 7.80. The highest BCUT2D eigenvalue weighted by Crippen LogP contribution is 2.23. The normalized spacial score (nSPS) is 11.3. The van der Waals surface area contributed by atoms with E-state index in [-0.39, 0.29) is 16.4 Å². The lowest BCUT2D eigenvalue weighted by Gasteiger charge is -1.90. The molecule has 1 unspecified atom stereocenters. The number of nitrogens with zero attached hydrogens (tertiary/aromatic N) is 1. The van der Waals surface area contributed by atoms with Crippen molar-refractivity contribution < 1.29 is 4.79 Å². The van der Waals surface area contributed by atoms with Crippen LogP contribution in [0.15, 0.2) is 0 Å². The first-order valence-corrected chi connectivity index (χ1v) is 4.96. The quantitative estimate of drug-likeness (QED) is 0.519. The van der Waals surface area contributed by atoms with E-state index < -0.39 is 0 Å². The van der Waals surface area contributed by atoms with Crippen molar-refractivity contribution in [2.24, 2.45) is 6.26 Å². The van der Waals surface area contributed by atoms with Crippen LogP contribution in [0.25, 0.3) is 0 Å². The number of H-pyrrole nitrogens is 1. The third-order valence-electron chi connectivity index (χ3n) is 1.10. The van der Waals surface area contributed by atoms with Gasteiger partial charge in [-0.25, -0.2) is 5.10 Å². The first kappa shape index (κ1) is 8.35. The number of rotatable bonds is 1. The van der Waals surface area contributed by atoms with Crippen molar-refractivity contribution in [3.8, 4) is 0 Å². The van der Waals surface area contributed by atoms with Crippen LogP contribution in [0.3, 0.4) is 0 Å².